The SMILES string of the molecule is O=Cc1cn(-c2ccccc2Br)nc1-c1ccc2ccccc2c1. The summed E-state index contributed by atoms with van der Waals surface area (Å²) in [5, 5.41) is 6.94. The van der Waals surface area contributed by atoms with Gasteiger partial charge in [-0.15, -0.1) is 0 Å². The van der Waals surface area contributed by atoms with Crippen molar-refractivity contribution in [3.63, 3.8) is 0 Å². The smallest absolute Gasteiger partial charge is 0.153 e. The van der Waals surface area contributed by atoms with Crippen LogP contribution in [0.3, 0.4) is 0 Å². The van der Waals surface area contributed by atoms with Crippen molar-refractivity contribution in [1.82, 2.24) is 9.78 Å². The Labute approximate surface area is 147 Å². The minimum absolute atomic E-state index is 0.570. The van der Waals surface area contributed by atoms with Gasteiger partial charge in [-0.1, -0.05) is 48.5 Å². The quantitative estimate of drug-likeness (QED) is 0.456. The van der Waals surface area contributed by atoms with Gasteiger partial charge in [0, 0.05) is 16.2 Å². The Kier molecular flexibility index (Phi) is 3.75. The molecule has 0 unspecified atom stereocenters. The molecule has 0 spiro atoms. The number of hydrogen-bond acceptors (Lipinski definition) is 2. The van der Waals surface area contributed by atoms with Gasteiger partial charge in [0.25, 0.3) is 0 Å². The molecule has 4 rings (SSSR count). The van der Waals surface area contributed by atoms with Gasteiger partial charge in [-0.05, 0) is 44.9 Å². The second kappa shape index (κ2) is 6.06. The van der Waals surface area contributed by atoms with Crippen molar-refractivity contribution in [3.8, 4) is 16.9 Å². The van der Waals surface area contributed by atoms with Crippen molar-refractivity contribution < 1.29 is 4.79 Å². The first-order valence-electron chi connectivity index (χ1n) is 7.55. The lowest BCUT2D eigenvalue weighted by Gasteiger charge is -2.04. The summed E-state index contributed by atoms with van der Waals surface area (Å²) in [6.45, 7) is 0. The summed E-state index contributed by atoms with van der Waals surface area (Å²) < 4.78 is 2.66. The number of carbonyl (C=O) groups excluding carboxylic acids is 1. The maximum atomic E-state index is 11.5. The monoisotopic (exact) mass is 376 g/mol. The van der Waals surface area contributed by atoms with Gasteiger partial charge in [0.05, 0.1) is 11.3 Å². The van der Waals surface area contributed by atoms with E-state index >= 15 is 0 Å². The Hall–Kier alpha value is -2.72. The molecule has 4 heteroatoms. The predicted octanol–water partition coefficient (Wildman–Crippen LogP) is 5.27. The first kappa shape index (κ1) is 14.8. The van der Waals surface area contributed by atoms with E-state index in [0.717, 1.165) is 27.4 Å². The van der Waals surface area contributed by atoms with Crippen LogP contribution >= 0.6 is 15.9 Å². The Balaban J connectivity index is 1.88. The van der Waals surface area contributed by atoms with Crippen LogP contribution in [0.4, 0.5) is 0 Å². The molecule has 0 aliphatic rings. The van der Waals surface area contributed by atoms with Crippen LogP contribution in [0.15, 0.2) is 77.4 Å². The van der Waals surface area contributed by atoms with Crippen LogP contribution in [0.25, 0.3) is 27.7 Å². The number of para-hydroxylation sites is 1. The van der Waals surface area contributed by atoms with Gasteiger partial charge in [-0.25, -0.2) is 4.68 Å². The van der Waals surface area contributed by atoms with Crippen molar-refractivity contribution in [2.24, 2.45) is 0 Å². The molecule has 1 aromatic heterocycles. The van der Waals surface area contributed by atoms with Crippen molar-refractivity contribution in [2.75, 3.05) is 0 Å². The van der Waals surface area contributed by atoms with Crippen LogP contribution in [-0.2, 0) is 0 Å². The van der Waals surface area contributed by atoms with E-state index in [0.29, 0.717) is 11.3 Å². The number of aldehydes is 1. The Morgan fingerprint density at radius 1 is 0.917 bits per heavy atom. The van der Waals surface area contributed by atoms with Gasteiger partial charge in [0.1, 0.15) is 5.69 Å². The summed E-state index contributed by atoms with van der Waals surface area (Å²) in [5.41, 5.74) is 3.08. The molecule has 0 saturated heterocycles. The van der Waals surface area contributed by atoms with Crippen molar-refractivity contribution in [3.05, 3.63) is 83.0 Å². The second-order valence-electron chi connectivity index (χ2n) is 5.51. The van der Waals surface area contributed by atoms with E-state index in [9.17, 15) is 4.79 Å². The zero-order valence-electron chi connectivity index (χ0n) is 12.7. The summed E-state index contributed by atoms with van der Waals surface area (Å²) in [6, 6.07) is 22.1. The number of carbonyl (C=O) groups is 1. The first-order valence-corrected chi connectivity index (χ1v) is 8.34. The maximum Gasteiger partial charge on any atom is 0.153 e. The standard InChI is InChI=1S/C20H13BrN2O/c21-18-7-3-4-8-19(18)23-12-17(13-24)20(22-23)16-10-9-14-5-1-2-6-15(14)11-16/h1-13H. The zero-order valence-corrected chi connectivity index (χ0v) is 14.3. The fourth-order valence-electron chi connectivity index (χ4n) is 2.80. The molecule has 0 amide bonds. The Morgan fingerprint density at radius 2 is 1.67 bits per heavy atom. The highest BCUT2D eigenvalue weighted by molar-refractivity contribution is 9.10. The normalized spacial score (nSPS) is 10.9. The third-order valence-corrected chi connectivity index (χ3v) is 4.66. The van der Waals surface area contributed by atoms with E-state index in [4.69, 9.17) is 0 Å². The Morgan fingerprint density at radius 3 is 2.46 bits per heavy atom. The molecule has 3 aromatic carbocycles. The summed E-state index contributed by atoms with van der Waals surface area (Å²) in [7, 11) is 0. The number of nitrogens with zero attached hydrogens (tertiary/aromatic N) is 2. The molecular weight excluding hydrogens is 364 g/mol. The molecule has 0 saturated carbocycles. The highest BCUT2D eigenvalue weighted by Gasteiger charge is 2.13. The molecule has 3 nitrogen and oxygen atoms in total. The number of halogens is 1. The molecule has 116 valence electrons. The lowest BCUT2D eigenvalue weighted by Crippen LogP contribution is -1.95. The molecule has 1 heterocycles. The Bertz CT molecular complexity index is 1050. The average Bonchev–Trinajstić information content (AvgIpc) is 3.06. The van der Waals surface area contributed by atoms with E-state index in [2.05, 4.69) is 45.3 Å². The van der Waals surface area contributed by atoms with E-state index < -0.39 is 0 Å². The maximum absolute atomic E-state index is 11.5. The van der Waals surface area contributed by atoms with Crippen LogP contribution in [0, 0.1) is 0 Å². The van der Waals surface area contributed by atoms with Crippen LogP contribution < -0.4 is 0 Å². The van der Waals surface area contributed by atoms with Gasteiger partial charge < -0.3 is 0 Å². The highest BCUT2D eigenvalue weighted by atomic mass is 79.9. The van der Waals surface area contributed by atoms with Crippen LogP contribution in [0.5, 0.6) is 0 Å². The number of fused-ring (bicyclic) bond motifs is 1. The predicted molar refractivity (Wildman–Crippen MR) is 99.6 cm³/mol. The van der Waals surface area contributed by atoms with Crippen LogP contribution in [0.2, 0.25) is 0 Å². The van der Waals surface area contributed by atoms with Gasteiger partial charge in [-0.3, -0.25) is 4.79 Å². The summed E-state index contributed by atoms with van der Waals surface area (Å²) in [4.78, 5) is 11.5. The minimum Gasteiger partial charge on any atom is -0.298 e. The number of hydrogen-bond donors (Lipinski definition) is 0. The van der Waals surface area contributed by atoms with E-state index in [1.807, 2.05) is 42.5 Å². The van der Waals surface area contributed by atoms with Gasteiger partial charge in [-0.2, -0.15) is 5.10 Å². The van der Waals surface area contributed by atoms with Crippen molar-refractivity contribution in [1.29, 1.82) is 0 Å². The van der Waals surface area contributed by atoms with Crippen molar-refractivity contribution >= 4 is 33.0 Å². The average molecular weight is 377 g/mol. The summed E-state index contributed by atoms with van der Waals surface area (Å²) in [6.07, 6.45) is 2.61. The van der Waals surface area contributed by atoms with Crippen LogP contribution in [-0.4, -0.2) is 16.1 Å². The number of rotatable bonds is 3. The lowest BCUT2D eigenvalue weighted by atomic mass is 10.0. The molecule has 0 radical (unpaired) electrons. The first-order chi connectivity index (χ1) is 11.8. The molecule has 0 N–H and O–H groups in total. The van der Waals surface area contributed by atoms with E-state index in [-0.39, 0.29) is 0 Å². The molecule has 0 atom stereocenters. The molecule has 0 aliphatic heterocycles. The zero-order chi connectivity index (χ0) is 16.5. The largest absolute Gasteiger partial charge is 0.298 e. The molecule has 0 aliphatic carbocycles. The second-order valence-corrected chi connectivity index (χ2v) is 6.36. The fourth-order valence-corrected chi connectivity index (χ4v) is 3.26. The molecule has 24 heavy (non-hydrogen) atoms. The summed E-state index contributed by atoms with van der Waals surface area (Å²) in [5.74, 6) is 0. The van der Waals surface area contributed by atoms with Gasteiger partial charge >= 0.3 is 0 Å². The van der Waals surface area contributed by atoms with Gasteiger partial charge in [0.15, 0.2) is 6.29 Å². The number of benzene rings is 3. The number of aromatic nitrogens is 2. The minimum atomic E-state index is 0.570. The molecule has 4 aromatic rings. The molecular formula is C20H13BrN2O. The molecule has 0 fully saturated rings. The summed E-state index contributed by atoms with van der Waals surface area (Å²) >= 11 is 3.53. The van der Waals surface area contributed by atoms with Gasteiger partial charge in [0.2, 0.25) is 0 Å². The molecule has 0 bridgehead atoms. The third-order valence-electron chi connectivity index (χ3n) is 3.99. The lowest BCUT2D eigenvalue weighted by molar-refractivity contribution is 0.112. The van der Waals surface area contributed by atoms with E-state index in [1.54, 1.807) is 10.9 Å². The van der Waals surface area contributed by atoms with Crippen molar-refractivity contribution in [2.45, 2.75) is 0 Å². The highest BCUT2D eigenvalue weighted by Crippen LogP contribution is 2.28. The van der Waals surface area contributed by atoms with Crippen LogP contribution in [0.1, 0.15) is 10.4 Å². The van der Waals surface area contributed by atoms with E-state index in [1.165, 1.54) is 5.39 Å². The topological polar surface area (TPSA) is 34.9 Å². The fraction of sp³-hybridized carbons (Fsp3) is 0. The third kappa shape index (κ3) is 2.55.